The maximum atomic E-state index is 2.47. The second-order valence-electron chi connectivity index (χ2n) is 10.7. The summed E-state index contributed by atoms with van der Waals surface area (Å²) < 4.78 is 0. The number of hydrogen-bond donors (Lipinski definition) is 0. The lowest BCUT2D eigenvalue weighted by molar-refractivity contribution is 1.14. The Balaban J connectivity index is 1.56. The lowest BCUT2D eigenvalue weighted by Gasteiger charge is -2.33. The van der Waals surface area contributed by atoms with Gasteiger partial charge in [0.05, 0.1) is 0 Å². The second-order valence-corrected chi connectivity index (χ2v) is 10.7. The monoisotopic (exact) mass is 484 g/mol. The predicted molar refractivity (Wildman–Crippen MR) is 169 cm³/mol. The molecule has 0 amide bonds. The van der Waals surface area contributed by atoms with Crippen molar-refractivity contribution in [3.63, 3.8) is 0 Å². The first kappa shape index (κ1) is 23.1. The molecule has 1 aliphatic heterocycles. The van der Waals surface area contributed by atoms with Crippen LogP contribution in [0.2, 0.25) is 0 Å². The van der Waals surface area contributed by atoms with E-state index in [0.717, 1.165) is 12.8 Å². The molecule has 0 radical (unpaired) electrons. The standard InChI is InChI=1S/C36H30B2/c1-3-25-13-17-31(18-14-25)37-33-21-27-9-5-7-11-29(27)23-35(33)38(32-19-15-26(4-2)16-20-32)36-24-30-12-8-6-10-28(30)22-34(36)37/h5-24H,3-4H2,1-2H3. The summed E-state index contributed by atoms with van der Waals surface area (Å²) in [4.78, 5) is 0. The van der Waals surface area contributed by atoms with Crippen molar-refractivity contribution in [2.75, 3.05) is 0 Å². The molecule has 0 spiro atoms. The Hall–Kier alpha value is -4.03. The van der Waals surface area contributed by atoms with Crippen LogP contribution >= 0.6 is 0 Å². The highest BCUT2D eigenvalue weighted by molar-refractivity contribution is 7.11. The fourth-order valence-electron chi connectivity index (χ4n) is 6.50. The van der Waals surface area contributed by atoms with E-state index >= 15 is 0 Å². The van der Waals surface area contributed by atoms with Crippen LogP contribution in [0.15, 0.2) is 121 Å². The molecule has 0 saturated carbocycles. The second kappa shape index (κ2) is 9.37. The van der Waals surface area contributed by atoms with Crippen molar-refractivity contribution in [3.05, 3.63) is 132 Å². The number of benzene rings is 6. The summed E-state index contributed by atoms with van der Waals surface area (Å²) in [5.41, 5.74) is 11.2. The summed E-state index contributed by atoms with van der Waals surface area (Å²) in [5, 5.41) is 5.24. The number of aryl methyl sites for hydroxylation is 2. The Kier molecular flexibility index (Phi) is 5.70. The molecule has 0 fully saturated rings. The summed E-state index contributed by atoms with van der Waals surface area (Å²) in [7, 11) is 0. The van der Waals surface area contributed by atoms with E-state index in [-0.39, 0.29) is 13.4 Å². The fourth-order valence-corrected chi connectivity index (χ4v) is 6.50. The lowest BCUT2D eigenvalue weighted by atomic mass is 9.21. The van der Waals surface area contributed by atoms with Gasteiger partial charge in [-0.1, -0.05) is 168 Å². The van der Waals surface area contributed by atoms with E-state index in [0.29, 0.717) is 0 Å². The highest BCUT2D eigenvalue weighted by atomic mass is 14.1. The predicted octanol–water partition coefficient (Wildman–Crippen LogP) is 4.46. The molecular formula is C36H30B2. The first-order valence-corrected chi connectivity index (χ1v) is 14.0. The summed E-state index contributed by atoms with van der Waals surface area (Å²) in [5.74, 6) is 0. The van der Waals surface area contributed by atoms with Crippen molar-refractivity contribution in [3.8, 4) is 0 Å². The molecule has 1 aliphatic rings. The van der Waals surface area contributed by atoms with Gasteiger partial charge in [0.15, 0.2) is 0 Å². The van der Waals surface area contributed by atoms with Gasteiger partial charge in [-0.05, 0) is 45.5 Å². The number of hydrogen-bond acceptors (Lipinski definition) is 0. The van der Waals surface area contributed by atoms with Crippen molar-refractivity contribution < 1.29 is 0 Å². The molecule has 7 rings (SSSR count). The Morgan fingerprint density at radius 1 is 0.395 bits per heavy atom. The molecule has 0 atom stereocenters. The molecule has 0 unspecified atom stereocenters. The van der Waals surface area contributed by atoms with E-state index < -0.39 is 0 Å². The van der Waals surface area contributed by atoms with Crippen LogP contribution in [0.5, 0.6) is 0 Å². The zero-order valence-electron chi connectivity index (χ0n) is 22.1. The van der Waals surface area contributed by atoms with Crippen LogP contribution in [0.25, 0.3) is 21.5 Å². The third-order valence-corrected chi connectivity index (χ3v) is 8.59. The highest BCUT2D eigenvalue weighted by Gasteiger charge is 2.39. The third-order valence-electron chi connectivity index (χ3n) is 8.59. The van der Waals surface area contributed by atoms with Crippen molar-refractivity contribution in [1.82, 2.24) is 0 Å². The Labute approximate surface area is 226 Å². The zero-order chi connectivity index (χ0) is 25.6. The molecule has 6 aromatic carbocycles. The van der Waals surface area contributed by atoms with Gasteiger partial charge in [0, 0.05) is 0 Å². The summed E-state index contributed by atoms with van der Waals surface area (Å²) in [6, 6.07) is 46.2. The smallest absolute Gasteiger partial charge is 0.0727 e. The summed E-state index contributed by atoms with van der Waals surface area (Å²) in [6.45, 7) is 4.86. The molecule has 0 bridgehead atoms. The average molecular weight is 484 g/mol. The Morgan fingerprint density at radius 3 is 0.947 bits per heavy atom. The van der Waals surface area contributed by atoms with Crippen molar-refractivity contribution >= 4 is 67.7 Å². The van der Waals surface area contributed by atoms with Gasteiger partial charge in [-0.2, -0.15) is 0 Å². The normalized spacial score (nSPS) is 12.6. The van der Waals surface area contributed by atoms with Gasteiger partial charge >= 0.3 is 0 Å². The van der Waals surface area contributed by atoms with E-state index in [1.165, 1.54) is 65.4 Å². The van der Waals surface area contributed by atoms with E-state index in [2.05, 4.69) is 135 Å². The van der Waals surface area contributed by atoms with Crippen LogP contribution in [0.1, 0.15) is 25.0 Å². The van der Waals surface area contributed by atoms with E-state index in [9.17, 15) is 0 Å². The minimum Gasteiger partial charge on any atom is -0.0727 e. The highest BCUT2D eigenvalue weighted by Crippen LogP contribution is 2.17. The molecule has 1 heterocycles. The molecule has 0 aromatic heterocycles. The topological polar surface area (TPSA) is 0 Å². The molecule has 0 nitrogen and oxygen atoms in total. The molecule has 180 valence electrons. The molecule has 0 saturated heterocycles. The van der Waals surface area contributed by atoms with Gasteiger partial charge in [-0.15, -0.1) is 0 Å². The summed E-state index contributed by atoms with van der Waals surface area (Å²) in [6.07, 6.45) is 2.12. The number of rotatable bonds is 4. The molecular weight excluding hydrogens is 454 g/mol. The van der Waals surface area contributed by atoms with Gasteiger partial charge in [0.25, 0.3) is 0 Å². The zero-order valence-corrected chi connectivity index (χ0v) is 22.1. The van der Waals surface area contributed by atoms with E-state index in [1.807, 2.05) is 0 Å². The quantitative estimate of drug-likeness (QED) is 0.324. The minimum absolute atomic E-state index is 0.200. The van der Waals surface area contributed by atoms with Crippen LogP contribution in [0.3, 0.4) is 0 Å². The van der Waals surface area contributed by atoms with Gasteiger partial charge in [0.2, 0.25) is 13.4 Å². The first-order chi connectivity index (χ1) is 18.7. The van der Waals surface area contributed by atoms with Gasteiger partial charge in [0.1, 0.15) is 0 Å². The maximum absolute atomic E-state index is 2.47. The molecule has 6 aromatic rings. The summed E-state index contributed by atoms with van der Waals surface area (Å²) >= 11 is 0. The largest absolute Gasteiger partial charge is 0.240 e. The van der Waals surface area contributed by atoms with Crippen molar-refractivity contribution in [1.29, 1.82) is 0 Å². The third kappa shape index (κ3) is 3.79. The van der Waals surface area contributed by atoms with Gasteiger partial charge < -0.3 is 0 Å². The molecule has 38 heavy (non-hydrogen) atoms. The molecule has 0 N–H and O–H groups in total. The van der Waals surface area contributed by atoms with Crippen molar-refractivity contribution in [2.24, 2.45) is 0 Å². The van der Waals surface area contributed by atoms with E-state index in [4.69, 9.17) is 0 Å². The minimum atomic E-state index is 0.200. The van der Waals surface area contributed by atoms with Gasteiger partial charge in [-0.25, -0.2) is 0 Å². The molecule has 2 heteroatoms. The fraction of sp³-hybridized carbons (Fsp3) is 0.111. The van der Waals surface area contributed by atoms with Gasteiger partial charge in [-0.3, -0.25) is 0 Å². The van der Waals surface area contributed by atoms with Crippen LogP contribution in [0.4, 0.5) is 0 Å². The average Bonchev–Trinajstić information content (AvgIpc) is 2.98. The first-order valence-electron chi connectivity index (χ1n) is 14.0. The van der Waals surface area contributed by atoms with Crippen LogP contribution in [-0.4, -0.2) is 13.4 Å². The van der Waals surface area contributed by atoms with E-state index in [1.54, 1.807) is 0 Å². The Morgan fingerprint density at radius 2 is 0.684 bits per heavy atom. The maximum Gasteiger partial charge on any atom is 0.240 e. The van der Waals surface area contributed by atoms with Crippen LogP contribution in [0, 0.1) is 0 Å². The number of fused-ring (bicyclic) bond motifs is 4. The van der Waals surface area contributed by atoms with Crippen LogP contribution < -0.4 is 32.8 Å². The van der Waals surface area contributed by atoms with Crippen molar-refractivity contribution in [2.45, 2.75) is 26.7 Å². The SMILES string of the molecule is CCc1ccc(B2c3cc4ccccc4cc3B(c3ccc(CC)cc3)c3cc4ccccc4cc32)cc1. The van der Waals surface area contributed by atoms with Crippen LogP contribution in [-0.2, 0) is 12.8 Å². The Bertz CT molecular complexity index is 1560. The molecule has 0 aliphatic carbocycles. The lowest BCUT2D eigenvalue weighted by Crippen LogP contribution is -2.75.